The van der Waals surface area contributed by atoms with Gasteiger partial charge in [-0.25, -0.2) is 0 Å². The van der Waals surface area contributed by atoms with E-state index >= 15 is 0 Å². The van der Waals surface area contributed by atoms with E-state index in [0.29, 0.717) is 26.3 Å². The largest absolute Gasteiger partial charge is 0.318 e. The molecule has 0 amide bonds. The van der Waals surface area contributed by atoms with Crippen molar-refractivity contribution in [2.75, 3.05) is 0 Å². The quantitative estimate of drug-likeness (QED) is 0.316. The van der Waals surface area contributed by atoms with Crippen LogP contribution in [0.3, 0.4) is 0 Å². The van der Waals surface area contributed by atoms with Crippen molar-refractivity contribution in [2.45, 2.75) is 6.92 Å². The van der Waals surface area contributed by atoms with Gasteiger partial charge in [0, 0.05) is 12.6 Å². The van der Waals surface area contributed by atoms with Crippen molar-refractivity contribution >= 4 is 62.1 Å². The lowest BCUT2D eigenvalue weighted by Gasteiger charge is -2.05. The third kappa shape index (κ3) is 3.17. The number of aryl methyl sites for hydroxylation is 1. The molecular weight excluding hydrogens is 373 g/mol. The summed E-state index contributed by atoms with van der Waals surface area (Å²) in [5.74, 6) is 0. The van der Waals surface area contributed by atoms with Crippen LogP contribution in [0, 0.1) is 0 Å². The second kappa shape index (κ2) is 6.65. The van der Waals surface area contributed by atoms with Crippen LogP contribution in [0.1, 0.15) is 12.5 Å². The van der Waals surface area contributed by atoms with Crippen LogP contribution >= 0.6 is 46.1 Å². The first-order chi connectivity index (χ1) is 11.0. The summed E-state index contributed by atoms with van der Waals surface area (Å²) >= 11 is 19.8. The van der Waals surface area contributed by atoms with Crippen LogP contribution in [0.4, 0.5) is 0 Å². The predicted molar refractivity (Wildman–Crippen MR) is 100 cm³/mol. The van der Waals surface area contributed by atoms with Gasteiger partial charge in [0.15, 0.2) is 0 Å². The van der Waals surface area contributed by atoms with Crippen LogP contribution in [0.5, 0.6) is 0 Å². The van der Waals surface area contributed by atoms with Crippen molar-refractivity contribution < 1.29 is 0 Å². The zero-order valence-electron chi connectivity index (χ0n) is 12.3. The minimum atomic E-state index is 0.327. The van der Waals surface area contributed by atoms with Crippen molar-refractivity contribution in [2.24, 2.45) is 17.3 Å². The third-order valence-corrected chi connectivity index (χ3v) is 5.82. The molecule has 2 aromatic carbocycles. The standard InChI is InChI=1S/C16H12Cl3N3S/c1-9(10-7-8-11(17)15(19)14(10)18)20-21-16-22(2)12-5-3-4-6-13(12)23-16/h3-8H,1-2H3. The molecule has 0 radical (unpaired) electrons. The molecule has 0 unspecified atom stereocenters. The highest BCUT2D eigenvalue weighted by atomic mass is 35.5. The van der Waals surface area contributed by atoms with E-state index in [1.807, 2.05) is 30.7 Å². The van der Waals surface area contributed by atoms with Crippen molar-refractivity contribution in [3.8, 4) is 0 Å². The molecule has 1 heterocycles. The lowest BCUT2D eigenvalue weighted by atomic mass is 10.1. The molecule has 118 valence electrons. The second-order valence-corrected chi connectivity index (χ2v) is 7.09. The van der Waals surface area contributed by atoms with E-state index in [0.717, 1.165) is 15.0 Å². The van der Waals surface area contributed by atoms with E-state index in [1.54, 1.807) is 23.5 Å². The molecule has 7 heteroatoms. The van der Waals surface area contributed by atoms with Crippen LogP contribution in [0.2, 0.25) is 15.1 Å². The first kappa shape index (κ1) is 16.5. The summed E-state index contributed by atoms with van der Waals surface area (Å²) in [6.07, 6.45) is 0. The molecule has 3 aromatic rings. The average Bonchev–Trinajstić information content (AvgIpc) is 2.87. The number of benzene rings is 2. The summed E-state index contributed by atoms with van der Waals surface area (Å²) in [5, 5.41) is 9.77. The smallest absolute Gasteiger partial charge is 0.211 e. The number of hydrogen-bond acceptors (Lipinski definition) is 3. The van der Waals surface area contributed by atoms with E-state index in [4.69, 9.17) is 34.8 Å². The van der Waals surface area contributed by atoms with E-state index in [-0.39, 0.29) is 0 Å². The van der Waals surface area contributed by atoms with Gasteiger partial charge < -0.3 is 4.57 Å². The molecule has 0 spiro atoms. The molecule has 1 aromatic heterocycles. The zero-order valence-corrected chi connectivity index (χ0v) is 15.4. The third-order valence-electron chi connectivity index (χ3n) is 3.43. The van der Waals surface area contributed by atoms with Crippen LogP contribution in [-0.2, 0) is 7.05 Å². The number of hydrogen-bond donors (Lipinski definition) is 0. The molecule has 0 atom stereocenters. The van der Waals surface area contributed by atoms with Crippen molar-refractivity contribution in [1.82, 2.24) is 4.57 Å². The van der Waals surface area contributed by atoms with Crippen LogP contribution in [-0.4, -0.2) is 10.3 Å². The van der Waals surface area contributed by atoms with Crippen LogP contribution in [0.25, 0.3) is 10.2 Å². The SMILES string of the molecule is CC(=NN=c1sc2ccccc2n1C)c1ccc(Cl)c(Cl)c1Cl. The summed E-state index contributed by atoms with van der Waals surface area (Å²) < 4.78 is 3.17. The number of nitrogens with zero attached hydrogens (tertiary/aromatic N) is 3. The van der Waals surface area contributed by atoms with Gasteiger partial charge in [0.05, 0.1) is 31.0 Å². The maximum absolute atomic E-state index is 6.23. The van der Waals surface area contributed by atoms with E-state index < -0.39 is 0 Å². The molecule has 0 aliphatic heterocycles. The highest BCUT2D eigenvalue weighted by Crippen LogP contribution is 2.32. The van der Waals surface area contributed by atoms with Gasteiger partial charge in [-0.1, -0.05) is 64.3 Å². The fraction of sp³-hybridized carbons (Fsp3) is 0.125. The Kier molecular flexibility index (Phi) is 4.78. The van der Waals surface area contributed by atoms with Gasteiger partial charge in [-0.2, -0.15) is 5.10 Å². The van der Waals surface area contributed by atoms with Gasteiger partial charge in [-0.05, 0) is 25.1 Å². The highest BCUT2D eigenvalue weighted by Gasteiger charge is 2.11. The number of para-hydroxylation sites is 1. The van der Waals surface area contributed by atoms with Crippen molar-refractivity contribution in [1.29, 1.82) is 0 Å². The average molecular weight is 385 g/mol. The Hall–Kier alpha value is -1.33. The molecule has 0 saturated heterocycles. The molecule has 0 saturated carbocycles. The monoisotopic (exact) mass is 383 g/mol. The molecule has 0 bridgehead atoms. The second-order valence-electron chi connectivity index (χ2n) is 4.92. The maximum Gasteiger partial charge on any atom is 0.211 e. The summed E-state index contributed by atoms with van der Waals surface area (Å²) in [7, 11) is 1.97. The van der Waals surface area contributed by atoms with Crippen molar-refractivity contribution in [3.05, 3.63) is 61.8 Å². The van der Waals surface area contributed by atoms with Gasteiger partial charge in [-0.3, -0.25) is 0 Å². The number of rotatable bonds is 2. The molecule has 3 nitrogen and oxygen atoms in total. The highest BCUT2D eigenvalue weighted by molar-refractivity contribution is 7.16. The number of aromatic nitrogens is 1. The Labute approximate surface area is 152 Å². The fourth-order valence-electron chi connectivity index (χ4n) is 2.15. The lowest BCUT2D eigenvalue weighted by Crippen LogP contribution is -2.09. The minimum Gasteiger partial charge on any atom is -0.318 e. The maximum atomic E-state index is 6.23. The first-order valence-electron chi connectivity index (χ1n) is 6.75. The van der Waals surface area contributed by atoms with E-state index in [1.165, 1.54) is 0 Å². The Morgan fingerprint density at radius 1 is 1.04 bits per heavy atom. The van der Waals surface area contributed by atoms with Gasteiger partial charge in [0.1, 0.15) is 0 Å². The Morgan fingerprint density at radius 2 is 1.78 bits per heavy atom. The lowest BCUT2D eigenvalue weighted by molar-refractivity contribution is 0.888. The van der Waals surface area contributed by atoms with Crippen molar-refractivity contribution in [3.63, 3.8) is 0 Å². The van der Waals surface area contributed by atoms with Crippen LogP contribution < -0.4 is 4.80 Å². The summed E-state index contributed by atoms with van der Waals surface area (Å²) in [6.45, 7) is 1.84. The van der Waals surface area contributed by atoms with E-state index in [9.17, 15) is 0 Å². The molecule has 0 aliphatic rings. The predicted octanol–water partition coefficient (Wildman–Crippen LogP) is 5.52. The Balaban J connectivity index is 2.07. The number of fused-ring (bicyclic) bond motifs is 1. The minimum absolute atomic E-state index is 0.327. The summed E-state index contributed by atoms with van der Waals surface area (Å²) in [4.78, 5) is 0.807. The van der Waals surface area contributed by atoms with Gasteiger partial charge in [0.25, 0.3) is 0 Å². The molecule has 0 aliphatic carbocycles. The Bertz CT molecular complexity index is 986. The van der Waals surface area contributed by atoms with Crippen LogP contribution in [0.15, 0.2) is 46.6 Å². The first-order valence-corrected chi connectivity index (χ1v) is 8.71. The number of thiazole rings is 1. The van der Waals surface area contributed by atoms with Gasteiger partial charge in [0.2, 0.25) is 4.80 Å². The molecule has 0 N–H and O–H groups in total. The zero-order chi connectivity index (χ0) is 16.6. The number of halogens is 3. The summed E-state index contributed by atoms with van der Waals surface area (Å²) in [5.41, 5.74) is 2.51. The van der Waals surface area contributed by atoms with Gasteiger partial charge in [-0.15, -0.1) is 5.10 Å². The molecule has 3 rings (SSSR count). The van der Waals surface area contributed by atoms with E-state index in [2.05, 4.69) is 22.3 Å². The molecule has 23 heavy (non-hydrogen) atoms. The topological polar surface area (TPSA) is 29.6 Å². The molecular formula is C16H12Cl3N3S. The fourth-order valence-corrected chi connectivity index (χ4v) is 3.80. The Morgan fingerprint density at radius 3 is 2.52 bits per heavy atom. The summed E-state index contributed by atoms with van der Waals surface area (Å²) in [6, 6.07) is 11.6. The normalized spacial score (nSPS) is 13.1. The van der Waals surface area contributed by atoms with Gasteiger partial charge >= 0.3 is 0 Å². The molecule has 0 fully saturated rings.